The molecule has 0 aliphatic heterocycles. The summed E-state index contributed by atoms with van der Waals surface area (Å²) in [5.74, 6) is -0.730. The maximum absolute atomic E-state index is 12.3. The summed E-state index contributed by atoms with van der Waals surface area (Å²) >= 11 is 7.37. The Morgan fingerprint density at radius 1 is 1.67 bits per heavy atom. The second-order valence-electron chi connectivity index (χ2n) is 4.22. The van der Waals surface area contributed by atoms with E-state index in [2.05, 4.69) is 15.4 Å². The van der Waals surface area contributed by atoms with Crippen molar-refractivity contribution in [1.82, 2.24) is 14.8 Å². The second-order valence-corrected chi connectivity index (χ2v) is 5.62. The van der Waals surface area contributed by atoms with Crippen molar-refractivity contribution < 1.29 is 7.54 Å². The Morgan fingerprint density at radius 3 is 3.10 bits per heavy atom. The molecule has 0 saturated heterocycles. The summed E-state index contributed by atoms with van der Waals surface area (Å²) in [7, 11) is 0. The molecule has 2 aromatic rings. The molecule has 1 amide bonds. The number of rotatable bonds is 6. The molecule has 7 heteroatoms. The molecule has 1 N–H and O–H groups in total. The van der Waals surface area contributed by atoms with Crippen molar-refractivity contribution in [1.29, 1.82) is 0 Å². The van der Waals surface area contributed by atoms with Gasteiger partial charge in [-0.15, -0.1) is 0 Å². The van der Waals surface area contributed by atoms with Gasteiger partial charge in [0.15, 0.2) is 5.15 Å². The molecule has 0 aromatic carbocycles. The Labute approximate surface area is 135 Å². The van der Waals surface area contributed by atoms with E-state index in [1.54, 1.807) is 30.8 Å². The zero-order chi connectivity index (χ0) is 17.0. The third-order valence-electron chi connectivity index (χ3n) is 2.78. The van der Waals surface area contributed by atoms with E-state index in [9.17, 15) is 4.79 Å². The lowest BCUT2D eigenvalue weighted by Gasteiger charge is -2.10. The molecule has 0 aliphatic carbocycles. The van der Waals surface area contributed by atoms with E-state index in [1.165, 1.54) is 22.6 Å². The number of aromatic nitrogens is 3. The number of nitrogens with one attached hydrogen (secondary N) is 1. The van der Waals surface area contributed by atoms with Crippen LogP contribution in [-0.4, -0.2) is 32.2 Å². The summed E-state index contributed by atoms with van der Waals surface area (Å²) in [6, 6.07) is 3.55. The summed E-state index contributed by atoms with van der Waals surface area (Å²) in [6.45, 7) is 1.85. The van der Waals surface area contributed by atoms with Crippen molar-refractivity contribution >= 4 is 35.0 Å². The van der Waals surface area contributed by atoms with Crippen LogP contribution in [0.3, 0.4) is 0 Å². The van der Waals surface area contributed by atoms with Gasteiger partial charge in [-0.25, -0.2) is 4.68 Å². The molecule has 0 bridgehead atoms. The fourth-order valence-corrected chi connectivity index (χ4v) is 2.43. The van der Waals surface area contributed by atoms with Crippen LogP contribution in [0.25, 0.3) is 5.69 Å². The molecule has 2 rings (SSSR count). The number of halogens is 1. The van der Waals surface area contributed by atoms with Crippen molar-refractivity contribution in [3.63, 3.8) is 0 Å². The first kappa shape index (κ1) is 13.2. The predicted octanol–water partition coefficient (Wildman–Crippen LogP) is 3.39. The molecule has 5 nitrogen and oxygen atoms in total. The SMILES string of the molecule is [2H]C([2H])(C(=O)Nc1cn(-c2cccnc2)nc1Cl)C(CC)SC. The molecule has 2 aromatic heterocycles. The highest BCUT2D eigenvalue weighted by Gasteiger charge is 2.14. The number of anilines is 1. The summed E-state index contributed by atoms with van der Waals surface area (Å²) < 4.78 is 17.5. The maximum Gasteiger partial charge on any atom is 0.225 e. The number of nitrogens with zero attached hydrogens (tertiary/aromatic N) is 3. The van der Waals surface area contributed by atoms with E-state index in [0.717, 1.165) is 0 Å². The number of hydrogen-bond acceptors (Lipinski definition) is 4. The average Bonchev–Trinajstić information content (AvgIpc) is 2.90. The van der Waals surface area contributed by atoms with Gasteiger partial charge in [-0.1, -0.05) is 18.5 Å². The second kappa shape index (κ2) is 7.47. The lowest BCUT2D eigenvalue weighted by atomic mass is 10.2. The van der Waals surface area contributed by atoms with Gasteiger partial charge in [0, 0.05) is 20.6 Å². The van der Waals surface area contributed by atoms with Crippen LogP contribution in [0.15, 0.2) is 30.7 Å². The molecule has 0 radical (unpaired) electrons. The van der Waals surface area contributed by atoms with E-state index in [-0.39, 0.29) is 10.8 Å². The van der Waals surface area contributed by atoms with Gasteiger partial charge in [-0.2, -0.15) is 16.9 Å². The van der Waals surface area contributed by atoms with Crippen LogP contribution < -0.4 is 5.32 Å². The average molecular weight is 327 g/mol. The minimum absolute atomic E-state index is 0.0928. The van der Waals surface area contributed by atoms with Crippen LogP contribution >= 0.6 is 23.4 Å². The van der Waals surface area contributed by atoms with E-state index in [4.69, 9.17) is 14.3 Å². The number of amides is 1. The van der Waals surface area contributed by atoms with Gasteiger partial charge in [-0.05, 0) is 24.8 Å². The summed E-state index contributed by atoms with van der Waals surface area (Å²) in [5.41, 5.74) is 0.953. The summed E-state index contributed by atoms with van der Waals surface area (Å²) in [5, 5.41) is 6.28. The van der Waals surface area contributed by atoms with Crippen molar-refractivity contribution in [2.24, 2.45) is 0 Å². The Bertz CT molecular complexity index is 677. The van der Waals surface area contributed by atoms with Gasteiger partial charge in [0.05, 0.1) is 23.8 Å². The minimum atomic E-state index is -2.01. The zero-order valence-electron chi connectivity index (χ0n) is 13.7. The minimum Gasteiger partial charge on any atom is -0.322 e. The highest BCUT2D eigenvalue weighted by molar-refractivity contribution is 7.99. The summed E-state index contributed by atoms with van der Waals surface area (Å²) in [4.78, 5) is 16.3. The van der Waals surface area contributed by atoms with Crippen LogP contribution in [0.4, 0.5) is 5.69 Å². The Morgan fingerprint density at radius 2 is 2.48 bits per heavy atom. The van der Waals surface area contributed by atoms with Crippen LogP contribution in [0.1, 0.15) is 22.5 Å². The van der Waals surface area contributed by atoms with Gasteiger partial charge in [-0.3, -0.25) is 9.78 Å². The number of pyridine rings is 1. The van der Waals surface area contributed by atoms with Crippen molar-refractivity contribution in [3.8, 4) is 5.69 Å². The van der Waals surface area contributed by atoms with E-state index in [0.29, 0.717) is 12.1 Å². The lowest BCUT2D eigenvalue weighted by molar-refractivity contribution is -0.116. The normalized spacial score (nSPS) is 14.2. The quantitative estimate of drug-likeness (QED) is 0.884. The van der Waals surface area contributed by atoms with Crippen LogP contribution in [0.2, 0.25) is 5.15 Å². The number of thioether (sulfide) groups is 1. The molecule has 1 atom stereocenters. The van der Waals surface area contributed by atoms with Gasteiger partial charge in [0.1, 0.15) is 0 Å². The van der Waals surface area contributed by atoms with E-state index >= 15 is 0 Å². The monoisotopic (exact) mass is 326 g/mol. The smallest absolute Gasteiger partial charge is 0.225 e. The lowest BCUT2D eigenvalue weighted by Crippen LogP contribution is -2.17. The molecule has 0 saturated carbocycles. The molecule has 0 aliphatic rings. The molecule has 1 unspecified atom stereocenters. The molecule has 2 heterocycles. The van der Waals surface area contributed by atoms with Crippen molar-refractivity contribution in [2.45, 2.75) is 25.0 Å². The van der Waals surface area contributed by atoms with Gasteiger partial charge >= 0.3 is 0 Å². The number of carbonyl (C=O) groups excluding carboxylic acids is 1. The topological polar surface area (TPSA) is 59.8 Å². The molecular formula is C14H17ClN4OS. The van der Waals surface area contributed by atoms with E-state index in [1.807, 2.05) is 6.92 Å². The molecule has 21 heavy (non-hydrogen) atoms. The highest BCUT2D eigenvalue weighted by atomic mass is 35.5. The van der Waals surface area contributed by atoms with Crippen molar-refractivity contribution in [2.75, 3.05) is 11.6 Å². The van der Waals surface area contributed by atoms with E-state index < -0.39 is 17.5 Å². The predicted molar refractivity (Wildman–Crippen MR) is 87.2 cm³/mol. The zero-order valence-corrected chi connectivity index (χ0v) is 13.3. The first-order valence-corrected chi connectivity index (χ1v) is 8.06. The fourth-order valence-electron chi connectivity index (χ4n) is 1.69. The Balaban J connectivity index is 2.21. The van der Waals surface area contributed by atoms with Crippen LogP contribution in [0, 0.1) is 0 Å². The Kier molecular flexibility index (Phi) is 4.68. The first-order valence-electron chi connectivity index (χ1n) is 7.40. The van der Waals surface area contributed by atoms with Crippen LogP contribution in [0.5, 0.6) is 0 Å². The maximum atomic E-state index is 12.3. The van der Waals surface area contributed by atoms with Crippen molar-refractivity contribution in [3.05, 3.63) is 35.9 Å². The van der Waals surface area contributed by atoms with Gasteiger partial charge < -0.3 is 5.32 Å². The van der Waals surface area contributed by atoms with Crippen LogP contribution in [-0.2, 0) is 4.79 Å². The highest BCUT2D eigenvalue weighted by Crippen LogP contribution is 2.23. The number of hydrogen-bond donors (Lipinski definition) is 1. The fraction of sp³-hybridized carbons (Fsp3) is 0.357. The molecule has 0 fully saturated rings. The third kappa shape index (κ3) is 4.22. The molecule has 112 valence electrons. The third-order valence-corrected chi connectivity index (χ3v) is 4.07. The Hall–Kier alpha value is -1.53. The van der Waals surface area contributed by atoms with Gasteiger partial charge in [0.2, 0.25) is 5.91 Å². The molecule has 0 spiro atoms. The first-order chi connectivity index (χ1) is 10.9. The van der Waals surface area contributed by atoms with Gasteiger partial charge in [0.25, 0.3) is 0 Å². The number of carbonyl (C=O) groups is 1. The molecular weight excluding hydrogens is 308 g/mol. The standard InChI is InChI=1S/C14H17ClN4OS/c1-3-11(21-2)7-13(20)17-12-9-19(18-14(12)15)10-5-4-6-16-8-10/h4-6,8-9,11H,3,7H2,1-2H3,(H,17,20)/i7D2. The largest absolute Gasteiger partial charge is 0.322 e. The summed E-state index contributed by atoms with van der Waals surface area (Å²) in [6.07, 6.45) is 5.10.